The molecule has 172 valence electrons. The Morgan fingerprint density at radius 2 is 2.09 bits per heavy atom. The van der Waals surface area contributed by atoms with Crippen LogP contribution >= 0.6 is 15.9 Å². The minimum atomic E-state index is -0.0454. The van der Waals surface area contributed by atoms with Crippen molar-refractivity contribution in [3.63, 3.8) is 0 Å². The first-order chi connectivity index (χ1) is 16.0. The van der Waals surface area contributed by atoms with Crippen molar-refractivity contribution >= 4 is 50.6 Å². The van der Waals surface area contributed by atoms with Crippen LogP contribution in [0.5, 0.6) is 5.88 Å². The normalized spacial score (nSPS) is 16.0. The van der Waals surface area contributed by atoms with Crippen LogP contribution in [0.15, 0.2) is 21.9 Å². The van der Waals surface area contributed by atoms with Gasteiger partial charge in [0.05, 0.1) is 29.2 Å². The molecule has 0 unspecified atom stereocenters. The third kappa shape index (κ3) is 3.95. The van der Waals surface area contributed by atoms with Gasteiger partial charge in [-0.2, -0.15) is 0 Å². The molecule has 3 aromatic heterocycles. The number of aliphatic imine (C=N–C) groups is 1. The number of carbonyl (C=O) groups excluding carboxylic acids is 1. The average molecular weight is 513 g/mol. The number of rotatable bonds is 5. The van der Waals surface area contributed by atoms with Crippen molar-refractivity contribution in [2.45, 2.75) is 25.4 Å². The Bertz CT molecular complexity index is 1250. The summed E-state index contributed by atoms with van der Waals surface area (Å²) in [5.41, 5.74) is 3.52. The van der Waals surface area contributed by atoms with Crippen molar-refractivity contribution < 1.29 is 9.53 Å². The minimum absolute atomic E-state index is 0.0454. The molecule has 0 aromatic carbocycles. The molecular weight excluding hydrogens is 488 g/mol. The number of methoxy groups -OCH3 is 1. The van der Waals surface area contributed by atoms with Crippen molar-refractivity contribution in [3.8, 4) is 5.88 Å². The van der Waals surface area contributed by atoms with Crippen molar-refractivity contribution in [2.75, 3.05) is 39.6 Å². The summed E-state index contributed by atoms with van der Waals surface area (Å²) in [5.74, 6) is 0.956. The van der Waals surface area contributed by atoms with E-state index in [1.807, 2.05) is 11.0 Å². The number of fused-ring (bicyclic) bond motifs is 2. The van der Waals surface area contributed by atoms with Crippen LogP contribution in [0.2, 0.25) is 0 Å². The molecule has 1 fully saturated rings. The fraction of sp³-hybridized carbons (Fsp3) is 0.409. The fourth-order valence-electron chi connectivity index (χ4n) is 4.36. The molecule has 10 nitrogen and oxygen atoms in total. The first-order valence-corrected chi connectivity index (χ1v) is 11.6. The molecule has 0 atom stereocenters. The summed E-state index contributed by atoms with van der Waals surface area (Å²) in [4.78, 5) is 38.2. The van der Waals surface area contributed by atoms with E-state index in [9.17, 15) is 4.79 Å². The van der Waals surface area contributed by atoms with Crippen molar-refractivity contribution in [1.29, 1.82) is 0 Å². The summed E-state index contributed by atoms with van der Waals surface area (Å²) in [6.45, 7) is 1.99. The molecule has 0 radical (unpaired) electrons. The van der Waals surface area contributed by atoms with Gasteiger partial charge >= 0.3 is 0 Å². The van der Waals surface area contributed by atoms with E-state index in [0.717, 1.165) is 37.2 Å². The van der Waals surface area contributed by atoms with Crippen LogP contribution in [0.3, 0.4) is 0 Å². The van der Waals surface area contributed by atoms with E-state index in [2.05, 4.69) is 65.2 Å². The third-order valence-electron chi connectivity index (χ3n) is 6.24. The second kappa shape index (κ2) is 8.71. The monoisotopic (exact) mass is 512 g/mol. The van der Waals surface area contributed by atoms with Crippen LogP contribution in [0.4, 0.5) is 11.5 Å². The summed E-state index contributed by atoms with van der Waals surface area (Å²) >= 11 is 3.63. The molecule has 2 aliphatic rings. The number of hydrogen-bond donors (Lipinski definition) is 2. The zero-order valence-corrected chi connectivity index (χ0v) is 20.3. The van der Waals surface area contributed by atoms with Gasteiger partial charge < -0.3 is 24.8 Å². The topological polar surface area (TPSA) is 112 Å². The van der Waals surface area contributed by atoms with Gasteiger partial charge in [0.1, 0.15) is 29.2 Å². The van der Waals surface area contributed by atoms with E-state index in [0.29, 0.717) is 51.2 Å². The smallest absolute Gasteiger partial charge is 0.271 e. The molecule has 0 bridgehead atoms. The lowest BCUT2D eigenvalue weighted by Gasteiger charge is -2.35. The number of anilines is 2. The minimum Gasteiger partial charge on any atom is -0.480 e. The molecule has 33 heavy (non-hydrogen) atoms. The van der Waals surface area contributed by atoms with Crippen molar-refractivity contribution in [1.82, 2.24) is 29.7 Å². The van der Waals surface area contributed by atoms with Crippen LogP contribution in [0.1, 0.15) is 34.6 Å². The van der Waals surface area contributed by atoms with Gasteiger partial charge in [-0.05, 0) is 48.9 Å². The van der Waals surface area contributed by atoms with Gasteiger partial charge in [-0.15, -0.1) is 0 Å². The van der Waals surface area contributed by atoms with E-state index < -0.39 is 0 Å². The second-order valence-electron chi connectivity index (χ2n) is 8.42. The number of ether oxygens (including phenoxy) is 1. The van der Waals surface area contributed by atoms with Gasteiger partial charge in [-0.1, -0.05) is 0 Å². The number of likely N-dealkylation sites (tertiary alicyclic amines) is 1. The Hall–Kier alpha value is -3.05. The van der Waals surface area contributed by atoms with Crippen LogP contribution in [0.25, 0.3) is 11.0 Å². The molecule has 5 rings (SSSR count). The van der Waals surface area contributed by atoms with Crippen LogP contribution < -0.4 is 10.1 Å². The fourth-order valence-corrected chi connectivity index (χ4v) is 5.01. The Morgan fingerprint density at radius 3 is 2.82 bits per heavy atom. The van der Waals surface area contributed by atoms with Gasteiger partial charge in [0.2, 0.25) is 5.88 Å². The van der Waals surface area contributed by atoms with Crippen molar-refractivity contribution in [3.05, 3.63) is 33.8 Å². The highest BCUT2D eigenvalue weighted by atomic mass is 79.9. The van der Waals surface area contributed by atoms with Gasteiger partial charge in [-0.25, -0.2) is 15.0 Å². The van der Waals surface area contributed by atoms with Gasteiger partial charge in [0, 0.05) is 30.9 Å². The molecule has 3 aromatic rings. The van der Waals surface area contributed by atoms with Gasteiger partial charge in [0.15, 0.2) is 0 Å². The Labute approximate surface area is 199 Å². The maximum Gasteiger partial charge on any atom is 0.271 e. The lowest BCUT2D eigenvalue weighted by molar-refractivity contribution is 0.0657. The molecule has 0 spiro atoms. The lowest BCUT2D eigenvalue weighted by atomic mass is 10.0. The number of halogens is 1. The molecular formula is C22H25BrN8O2. The predicted molar refractivity (Wildman–Crippen MR) is 130 cm³/mol. The molecule has 0 saturated carbocycles. The molecule has 2 aliphatic heterocycles. The predicted octanol–water partition coefficient (Wildman–Crippen LogP) is 2.97. The number of aromatic amines is 1. The summed E-state index contributed by atoms with van der Waals surface area (Å²) < 4.78 is 6.11. The summed E-state index contributed by atoms with van der Waals surface area (Å²) in [6, 6.07) is 2.44. The summed E-state index contributed by atoms with van der Waals surface area (Å²) in [7, 11) is 5.75. The molecule has 5 heterocycles. The Morgan fingerprint density at radius 1 is 1.30 bits per heavy atom. The molecule has 11 heteroatoms. The van der Waals surface area contributed by atoms with Crippen molar-refractivity contribution in [2.24, 2.45) is 4.99 Å². The highest BCUT2D eigenvalue weighted by Gasteiger charge is 2.28. The summed E-state index contributed by atoms with van der Waals surface area (Å²) in [6.07, 6.45) is 5.17. The molecule has 1 amide bonds. The standard InChI is InChI=1S/C22H25BrN8O2/c1-30(2)13-4-6-31(7-5-13)22(32)18-17(23)16-19(25-11-26-20(16)29-18)27-14-8-12-9-24-10-15(12)28-21(14)33-3/h8-9,11,13H,4-7,10H2,1-3H3,(H2,25,26,27,29). The lowest BCUT2D eigenvalue weighted by Crippen LogP contribution is -2.44. The molecule has 2 N–H and O–H groups in total. The number of nitrogens with one attached hydrogen (secondary N) is 2. The number of piperidine rings is 1. The quantitative estimate of drug-likeness (QED) is 0.540. The number of hydrogen-bond acceptors (Lipinski definition) is 8. The highest BCUT2D eigenvalue weighted by Crippen LogP contribution is 2.36. The first-order valence-electron chi connectivity index (χ1n) is 10.8. The number of carbonyl (C=O) groups is 1. The van der Waals surface area contributed by atoms with E-state index in [1.165, 1.54) is 6.33 Å². The van der Waals surface area contributed by atoms with E-state index in [-0.39, 0.29) is 5.91 Å². The van der Waals surface area contributed by atoms with Crippen LogP contribution in [0, 0.1) is 0 Å². The van der Waals surface area contributed by atoms with E-state index in [1.54, 1.807) is 13.3 Å². The third-order valence-corrected chi connectivity index (χ3v) is 7.04. The number of amides is 1. The zero-order chi connectivity index (χ0) is 23.1. The van der Waals surface area contributed by atoms with Gasteiger partial charge in [-0.3, -0.25) is 9.79 Å². The maximum atomic E-state index is 13.3. The largest absolute Gasteiger partial charge is 0.480 e. The highest BCUT2D eigenvalue weighted by molar-refractivity contribution is 9.10. The van der Waals surface area contributed by atoms with E-state index >= 15 is 0 Å². The second-order valence-corrected chi connectivity index (χ2v) is 9.22. The van der Waals surface area contributed by atoms with E-state index in [4.69, 9.17) is 4.74 Å². The number of pyridine rings is 1. The Balaban J connectivity index is 1.46. The number of H-pyrrole nitrogens is 1. The molecule has 0 aliphatic carbocycles. The Kier molecular flexibility index (Phi) is 5.75. The molecule has 1 saturated heterocycles. The summed E-state index contributed by atoms with van der Waals surface area (Å²) in [5, 5.41) is 4.00. The van der Waals surface area contributed by atoms with Crippen LogP contribution in [-0.4, -0.2) is 82.2 Å². The van der Waals surface area contributed by atoms with Crippen LogP contribution in [-0.2, 0) is 6.54 Å². The average Bonchev–Trinajstić information content (AvgIpc) is 3.42. The first kappa shape index (κ1) is 21.8. The van der Waals surface area contributed by atoms with Gasteiger partial charge in [0.25, 0.3) is 5.91 Å². The number of nitrogens with zero attached hydrogens (tertiary/aromatic N) is 6. The maximum absolute atomic E-state index is 13.3. The number of aromatic nitrogens is 4. The zero-order valence-electron chi connectivity index (χ0n) is 18.7. The SMILES string of the molecule is COc1nc2c(cc1Nc1ncnc3[nH]c(C(=O)N4CCC(N(C)C)CC4)c(Br)c13)C=NC2.